The average molecular weight is 254 g/mol. The first-order valence-electron chi connectivity index (χ1n) is 6.09. The quantitative estimate of drug-likeness (QED) is 0.862. The summed E-state index contributed by atoms with van der Waals surface area (Å²) >= 11 is 1.13. The highest BCUT2D eigenvalue weighted by atomic mass is 32.1. The number of rotatable bonds is 3. The van der Waals surface area contributed by atoms with Crippen LogP contribution in [0.5, 0.6) is 0 Å². The van der Waals surface area contributed by atoms with Gasteiger partial charge in [0.1, 0.15) is 0 Å². The fraction of sp³-hybridized carbons (Fsp3) is 0.727. The average Bonchev–Trinajstić information content (AvgIpc) is 2.77. The Kier molecular flexibility index (Phi) is 3.93. The monoisotopic (exact) mass is 254 g/mol. The topological polar surface area (TPSA) is 80.9 Å². The van der Waals surface area contributed by atoms with Crippen molar-refractivity contribution in [2.75, 3.05) is 5.73 Å². The third kappa shape index (κ3) is 3.15. The first-order chi connectivity index (χ1) is 8.19. The zero-order chi connectivity index (χ0) is 12.3. The molecular formula is C11H18N4OS. The van der Waals surface area contributed by atoms with Crippen LogP contribution >= 0.6 is 11.3 Å². The Balaban J connectivity index is 1.84. The van der Waals surface area contributed by atoms with E-state index in [4.69, 9.17) is 5.73 Å². The van der Waals surface area contributed by atoms with Gasteiger partial charge in [-0.1, -0.05) is 24.7 Å². The SMILES string of the molecule is CCC1CCC(NC(=O)c2nnc(N)s2)CC1. The fourth-order valence-electron chi connectivity index (χ4n) is 2.29. The van der Waals surface area contributed by atoms with E-state index >= 15 is 0 Å². The molecule has 1 heterocycles. The molecule has 0 bridgehead atoms. The maximum absolute atomic E-state index is 11.8. The maximum Gasteiger partial charge on any atom is 0.282 e. The zero-order valence-electron chi connectivity index (χ0n) is 9.98. The summed E-state index contributed by atoms with van der Waals surface area (Å²) < 4.78 is 0. The lowest BCUT2D eigenvalue weighted by Gasteiger charge is -2.28. The Morgan fingerprint density at radius 3 is 2.65 bits per heavy atom. The predicted octanol–water partition coefficient (Wildman–Crippen LogP) is 1.82. The molecule has 17 heavy (non-hydrogen) atoms. The van der Waals surface area contributed by atoms with E-state index < -0.39 is 0 Å². The van der Waals surface area contributed by atoms with Crippen molar-refractivity contribution in [1.82, 2.24) is 15.5 Å². The van der Waals surface area contributed by atoms with E-state index in [1.54, 1.807) is 0 Å². The summed E-state index contributed by atoms with van der Waals surface area (Å²) in [6, 6.07) is 0.287. The molecule has 5 nitrogen and oxygen atoms in total. The summed E-state index contributed by atoms with van der Waals surface area (Å²) in [6.45, 7) is 2.23. The minimum Gasteiger partial charge on any atom is -0.374 e. The minimum absolute atomic E-state index is 0.140. The number of anilines is 1. The van der Waals surface area contributed by atoms with Crippen LogP contribution in [0.3, 0.4) is 0 Å². The molecule has 0 atom stereocenters. The van der Waals surface area contributed by atoms with Gasteiger partial charge < -0.3 is 11.1 Å². The van der Waals surface area contributed by atoms with Crippen LogP contribution in [0.15, 0.2) is 0 Å². The van der Waals surface area contributed by atoms with E-state index in [0.717, 1.165) is 30.1 Å². The molecule has 0 aliphatic heterocycles. The second-order valence-electron chi connectivity index (χ2n) is 4.54. The van der Waals surface area contributed by atoms with E-state index in [1.807, 2.05) is 0 Å². The van der Waals surface area contributed by atoms with Crippen LogP contribution < -0.4 is 11.1 Å². The van der Waals surface area contributed by atoms with Crippen LogP contribution in [-0.2, 0) is 0 Å². The number of nitrogens with one attached hydrogen (secondary N) is 1. The molecule has 1 saturated carbocycles. The third-order valence-corrected chi connectivity index (χ3v) is 4.15. The third-order valence-electron chi connectivity index (χ3n) is 3.39. The lowest BCUT2D eigenvalue weighted by atomic mass is 9.84. The van der Waals surface area contributed by atoms with Gasteiger partial charge in [-0.2, -0.15) is 0 Å². The van der Waals surface area contributed by atoms with Crippen molar-refractivity contribution in [2.45, 2.75) is 45.1 Å². The molecule has 0 radical (unpaired) electrons. The molecule has 94 valence electrons. The molecule has 1 amide bonds. The molecule has 1 aromatic heterocycles. The molecule has 6 heteroatoms. The van der Waals surface area contributed by atoms with Crippen LogP contribution in [0.25, 0.3) is 0 Å². The van der Waals surface area contributed by atoms with E-state index in [9.17, 15) is 4.79 Å². The number of hydrogen-bond donors (Lipinski definition) is 2. The van der Waals surface area contributed by atoms with Gasteiger partial charge in [0.2, 0.25) is 10.1 Å². The number of nitrogens with zero attached hydrogens (tertiary/aromatic N) is 2. The van der Waals surface area contributed by atoms with Crippen molar-refractivity contribution in [2.24, 2.45) is 5.92 Å². The summed E-state index contributed by atoms with van der Waals surface area (Å²) in [5, 5.41) is 11.1. The Labute approximate surface area is 105 Å². The largest absolute Gasteiger partial charge is 0.374 e. The first-order valence-corrected chi connectivity index (χ1v) is 6.90. The van der Waals surface area contributed by atoms with Crippen LogP contribution in [-0.4, -0.2) is 22.1 Å². The normalized spacial score (nSPS) is 24.5. The molecule has 0 spiro atoms. The fourth-order valence-corrected chi connectivity index (χ4v) is 2.80. The number of hydrogen-bond acceptors (Lipinski definition) is 5. The predicted molar refractivity (Wildman–Crippen MR) is 67.8 cm³/mol. The highest BCUT2D eigenvalue weighted by Gasteiger charge is 2.22. The molecular weight excluding hydrogens is 236 g/mol. The molecule has 1 aromatic rings. The van der Waals surface area contributed by atoms with E-state index in [2.05, 4.69) is 22.4 Å². The number of nitrogens with two attached hydrogens (primary N) is 1. The number of nitrogen functional groups attached to an aromatic ring is 1. The highest BCUT2D eigenvalue weighted by molar-refractivity contribution is 7.16. The van der Waals surface area contributed by atoms with Gasteiger partial charge in [0.05, 0.1) is 0 Å². The van der Waals surface area contributed by atoms with E-state index in [1.165, 1.54) is 19.3 Å². The van der Waals surface area contributed by atoms with Gasteiger partial charge in [-0.3, -0.25) is 4.79 Å². The van der Waals surface area contributed by atoms with E-state index in [0.29, 0.717) is 10.1 Å². The first kappa shape index (κ1) is 12.3. The van der Waals surface area contributed by atoms with E-state index in [-0.39, 0.29) is 11.9 Å². The van der Waals surface area contributed by atoms with Gasteiger partial charge in [-0.25, -0.2) is 0 Å². The molecule has 0 saturated heterocycles. The number of carbonyl (C=O) groups is 1. The second kappa shape index (κ2) is 5.44. The molecule has 1 fully saturated rings. The van der Waals surface area contributed by atoms with Crippen LogP contribution in [0.4, 0.5) is 5.13 Å². The zero-order valence-corrected chi connectivity index (χ0v) is 10.8. The summed E-state index contributed by atoms with van der Waals surface area (Å²) in [4.78, 5) is 11.8. The van der Waals surface area contributed by atoms with Crippen molar-refractivity contribution in [3.05, 3.63) is 5.01 Å². The molecule has 1 aliphatic carbocycles. The van der Waals surface area contributed by atoms with Crippen LogP contribution in [0.1, 0.15) is 48.8 Å². The molecule has 3 N–H and O–H groups in total. The van der Waals surface area contributed by atoms with Gasteiger partial charge in [0.15, 0.2) is 0 Å². The van der Waals surface area contributed by atoms with Crippen molar-refractivity contribution in [3.8, 4) is 0 Å². The Morgan fingerprint density at radius 1 is 1.41 bits per heavy atom. The van der Waals surface area contributed by atoms with Gasteiger partial charge in [-0.15, -0.1) is 10.2 Å². The number of carbonyl (C=O) groups excluding carboxylic acids is 1. The number of amides is 1. The number of aromatic nitrogens is 2. The van der Waals surface area contributed by atoms with Crippen molar-refractivity contribution < 1.29 is 4.79 Å². The highest BCUT2D eigenvalue weighted by Crippen LogP contribution is 2.26. The van der Waals surface area contributed by atoms with Crippen molar-refractivity contribution in [3.63, 3.8) is 0 Å². The van der Waals surface area contributed by atoms with Gasteiger partial charge >= 0.3 is 0 Å². The summed E-state index contributed by atoms with van der Waals surface area (Å²) in [7, 11) is 0. The lowest BCUT2D eigenvalue weighted by Crippen LogP contribution is -2.37. The Hall–Kier alpha value is -1.17. The Morgan fingerprint density at radius 2 is 2.12 bits per heavy atom. The van der Waals surface area contributed by atoms with Gasteiger partial charge in [0, 0.05) is 6.04 Å². The molecule has 0 aromatic carbocycles. The Bertz CT molecular complexity index is 385. The smallest absolute Gasteiger partial charge is 0.282 e. The molecule has 2 rings (SSSR count). The summed E-state index contributed by atoms with van der Waals surface area (Å²) in [5.74, 6) is 0.694. The lowest BCUT2D eigenvalue weighted by molar-refractivity contribution is 0.0920. The minimum atomic E-state index is -0.140. The van der Waals surface area contributed by atoms with Crippen molar-refractivity contribution in [1.29, 1.82) is 0 Å². The van der Waals surface area contributed by atoms with Gasteiger partial charge in [-0.05, 0) is 31.6 Å². The van der Waals surface area contributed by atoms with Gasteiger partial charge in [0.25, 0.3) is 5.91 Å². The van der Waals surface area contributed by atoms with Crippen molar-refractivity contribution >= 4 is 22.4 Å². The summed E-state index contributed by atoms with van der Waals surface area (Å²) in [5.41, 5.74) is 5.45. The molecule has 1 aliphatic rings. The van der Waals surface area contributed by atoms with Crippen LogP contribution in [0.2, 0.25) is 0 Å². The van der Waals surface area contributed by atoms with Crippen LogP contribution in [0, 0.1) is 5.92 Å². The summed E-state index contributed by atoms with van der Waals surface area (Å²) in [6.07, 6.45) is 5.80. The molecule has 0 unspecified atom stereocenters. The maximum atomic E-state index is 11.8. The second-order valence-corrected chi connectivity index (χ2v) is 5.55. The standard InChI is InChI=1S/C11H18N4OS/c1-2-7-3-5-8(6-4-7)13-9(16)10-14-15-11(12)17-10/h7-8H,2-6H2,1H3,(H2,12,15)(H,13,16).